The summed E-state index contributed by atoms with van der Waals surface area (Å²) in [6.07, 6.45) is 3.66. The van der Waals surface area contributed by atoms with Crippen molar-refractivity contribution in [3.63, 3.8) is 0 Å². The van der Waals surface area contributed by atoms with Gasteiger partial charge in [0, 0.05) is 42.2 Å². The minimum absolute atomic E-state index is 0.0233. The van der Waals surface area contributed by atoms with Gasteiger partial charge in [-0.3, -0.25) is 9.59 Å². The molecule has 0 aliphatic carbocycles. The first-order valence-corrected chi connectivity index (χ1v) is 7.95. The zero-order chi connectivity index (χ0) is 14.5. The molecule has 110 valence electrons. The molecule has 0 aromatic carbocycles. The number of hydrogen-bond donors (Lipinski definition) is 1. The van der Waals surface area contributed by atoms with E-state index in [0.717, 1.165) is 25.8 Å². The number of thiophene rings is 1. The first kappa shape index (κ1) is 15.0. The maximum Gasteiger partial charge on any atom is 0.224 e. The zero-order valence-corrected chi connectivity index (χ0v) is 13.0. The molecule has 20 heavy (non-hydrogen) atoms. The predicted molar refractivity (Wildman–Crippen MR) is 80.8 cm³/mol. The number of nitrogens with zero attached hydrogens (tertiary/aromatic N) is 1. The molecule has 1 aromatic rings. The molecule has 1 aliphatic rings. The number of nitrogens with one attached hydrogen (secondary N) is 1. The lowest BCUT2D eigenvalue weighted by atomic mass is 10.0. The van der Waals surface area contributed by atoms with Gasteiger partial charge in [-0.05, 0) is 38.3 Å². The summed E-state index contributed by atoms with van der Waals surface area (Å²) in [6, 6.07) is 4.27. The first-order valence-electron chi connectivity index (χ1n) is 7.13. The van der Waals surface area contributed by atoms with Crippen LogP contribution in [0.5, 0.6) is 0 Å². The number of rotatable bonds is 5. The van der Waals surface area contributed by atoms with E-state index in [1.807, 2.05) is 7.05 Å². The van der Waals surface area contributed by atoms with Crippen molar-refractivity contribution in [3.05, 3.63) is 21.9 Å². The lowest BCUT2D eigenvalue weighted by molar-refractivity contribution is -0.133. The topological polar surface area (TPSA) is 49.4 Å². The van der Waals surface area contributed by atoms with Crippen LogP contribution in [0.2, 0.25) is 0 Å². The van der Waals surface area contributed by atoms with Crippen molar-refractivity contribution < 1.29 is 9.59 Å². The van der Waals surface area contributed by atoms with Gasteiger partial charge in [0.1, 0.15) is 0 Å². The van der Waals surface area contributed by atoms with Crippen LogP contribution in [-0.2, 0) is 16.0 Å². The van der Waals surface area contributed by atoms with Gasteiger partial charge in [0.2, 0.25) is 11.8 Å². The second-order valence-corrected chi connectivity index (χ2v) is 6.81. The molecule has 1 fully saturated rings. The van der Waals surface area contributed by atoms with Crippen LogP contribution in [0.1, 0.15) is 35.4 Å². The van der Waals surface area contributed by atoms with Crippen molar-refractivity contribution in [1.29, 1.82) is 0 Å². The lowest BCUT2D eigenvalue weighted by Crippen LogP contribution is -2.46. The third-order valence-electron chi connectivity index (χ3n) is 3.65. The Morgan fingerprint density at radius 3 is 2.95 bits per heavy atom. The van der Waals surface area contributed by atoms with Gasteiger partial charge >= 0.3 is 0 Å². The van der Waals surface area contributed by atoms with Crippen molar-refractivity contribution >= 4 is 23.2 Å². The zero-order valence-electron chi connectivity index (χ0n) is 12.1. The standard InChI is InChI=1S/C15H22N2O2S/c1-11-6-7-13(20-11)4-3-5-14(18)16-12-8-9-17(2)15(19)10-12/h6-7,12H,3-5,8-10H2,1-2H3,(H,16,18)/t12-/m0/s1. The lowest BCUT2D eigenvalue weighted by Gasteiger charge is -2.29. The van der Waals surface area contributed by atoms with E-state index in [-0.39, 0.29) is 17.9 Å². The third kappa shape index (κ3) is 4.34. The summed E-state index contributed by atoms with van der Waals surface area (Å²) in [5, 5.41) is 2.98. The summed E-state index contributed by atoms with van der Waals surface area (Å²) in [5.74, 6) is 0.191. The summed E-state index contributed by atoms with van der Waals surface area (Å²) in [4.78, 5) is 27.8. The van der Waals surface area contributed by atoms with Crippen LogP contribution in [-0.4, -0.2) is 36.3 Å². The molecule has 0 radical (unpaired) electrons. The van der Waals surface area contributed by atoms with Crippen LogP contribution in [0.3, 0.4) is 0 Å². The van der Waals surface area contributed by atoms with Gasteiger partial charge in [-0.25, -0.2) is 0 Å². The Labute approximate surface area is 124 Å². The van der Waals surface area contributed by atoms with Crippen molar-refractivity contribution in [1.82, 2.24) is 10.2 Å². The maximum absolute atomic E-state index is 11.9. The summed E-state index contributed by atoms with van der Waals surface area (Å²) < 4.78 is 0. The molecule has 1 atom stereocenters. The fraction of sp³-hybridized carbons (Fsp3) is 0.600. The largest absolute Gasteiger partial charge is 0.353 e. The Balaban J connectivity index is 1.66. The molecule has 2 rings (SSSR count). The van der Waals surface area contributed by atoms with Gasteiger partial charge in [-0.1, -0.05) is 0 Å². The van der Waals surface area contributed by atoms with Crippen molar-refractivity contribution in [2.45, 2.75) is 45.1 Å². The van der Waals surface area contributed by atoms with E-state index < -0.39 is 0 Å². The number of carbonyl (C=O) groups excluding carboxylic acids is 2. The van der Waals surface area contributed by atoms with Gasteiger partial charge in [0.15, 0.2) is 0 Å². The molecule has 0 unspecified atom stereocenters. The maximum atomic E-state index is 11.9. The first-order chi connectivity index (χ1) is 9.54. The Morgan fingerprint density at radius 2 is 2.30 bits per heavy atom. The molecule has 1 N–H and O–H groups in total. The molecule has 2 amide bonds. The van der Waals surface area contributed by atoms with E-state index in [4.69, 9.17) is 0 Å². The number of hydrogen-bond acceptors (Lipinski definition) is 3. The summed E-state index contributed by atoms with van der Waals surface area (Å²) in [6.45, 7) is 2.83. The number of amides is 2. The minimum Gasteiger partial charge on any atom is -0.353 e. The van der Waals surface area contributed by atoms with Crippen LogP contribution in [0.4, 0.5) is 0 Å². The second kappa shape index (κ2) is 6.88. The molecule has 0 spiro atoms. The molecule has 4 nitrogen and oxygen atoms in total. The molecule has 1 aromatic heterocycles. The van der Waals surface area contributed by atoms with Crippen molar-refractivity contribution in [3.8, 4) is 0 Å². The van der Waals surface area contributed by atoms with Crippen molar-refractivity contribution in [2.24, 2.45) is 0 Å². The third-order valence-corrected chi connectivity index (χ3v) is 4.71. The molecule has 5 heteroatoms. The molecular weight excluding hydrogens is 272 g/mol. The van der Waals surface area contributed by atoms with Crippen LogP contribution in [0.15, 0.2) is 12.1 Å². The SMILES string of the molecule is Cc1ccc(CCCC(=O)N[C@H]2CCN(C)C(=O)C2)s1. The Morgan fingerprint density at radius 1 is 1.50 bits per heavy atom. The average molecular weight is 294 g/mol. The highest BCUT2D eigenvalue weighted by atomic mass is 32.1. The van der Waals surface area contributed by atoms with E-state index >= 15 is 0 Å². The average Bonchev–Trinajstić information content (AvgIpc) is 2.80. The molecular formula is C15H22N2O2S. The van der Waals surface area contributed by atoms with Gasteiger partial charge in [0.25, 0.3) is 0 Å². The predicted octanol–water partition coefficient (Wildman–Crippen LogP) is 2.12. The van der Waals surface area contributed by atoms with E-state index in [9.17, 15) is 9.59 Å². The van der Waals surface area contributed by atoms with Crippen LogP contribution < -0.4 is 5.32 Å². The molecule has 1 aliphatic heterocycles. The Kier molecular flexibility index (Phi) is 5.17. The van der Waals surface area contributed by atoms with Gasteiger partial charge in [0.05, 0.1) is 0 Å². The number of likely N-dealkylation sites (tertiary alicyclic amines) is 1. The fourth-order valence-corrected chi connectivity index (χ4v) is 3.34. The molecule has 0 saturated carbocycles. The van der Waals surface area contributed by atoms with E-state index in [1.54, 1.807) is 16.2 Å². The molecule has 1 saturated heterocycles. The van der Waals surface area contributed by atoms with Crippen molar-refractivity contribution in [2.75, 3.05) is 13.6 Å². The van der Waals surface area contributed by atoms with Crippen LogP contribution in [0, 0.1) is 6.92 Å². The van der Waals surface area contributed by atoms with Gasteiger partial charge < -0.3 is 10.2 Å². The van der Waals surface area contributed by atoms with Gasteiger partial charge in [-0.15, -0.1) is 11.3 Å². The molecule has 2 heterocycles. The van der Waals surface area contributed by atoms with Crippen LogP contribution in [0.25, 0.3) is 0 Å². The van der Waals surface area contributed by atoms with Crippen LogP contribution >= 0.6 is 11.3 Å². The summed E-state index contributed by atoms with van der Waals surface area (Å²) in [7, 11) is 1.81. The summed E-state index contributed by atoms with van der Waals surface area (Å²) in [5.41, 5.74) is 0. The second-order valence-electron chi connectivity index (χ2n) is 5.44. The monoisotopic (exact) mass is 294 g/mol. The van der Waals surface area contributed by atoms with E-state index in [0.29, 0.717) is 12.8 Å². The highest BCUT2D eigenvalue weighted by molar-refractivity contribution is 7.11. The smallest absolute Gasteiger partial charge is 0.224 e. The van der Waals surface area contributed by atoms with E-state index in [1.165, 1.54) is 9.75 Å². The minimum atomic E-state index is 0.0233. The summed E-state index contributed by atoms with van der Waals surface area (Å²) >= 11 is 1.79. The normalized spacial score (nSPS) is 19.2. The quantitative estimate of drug-likeness (QED) is 0.904. The number of aryl methyl sites for hydroxylation is 2. The van der Waals surface area contributed by atoms with E-state index in [2.05, 4.69) is 24.4 Å². The number of piperidine rings is 1. The Hall–Kier alpha value is -1.36. The highest BCUT2D eigenvalue weighted by Crippen LogP contribution is 2.17. The fourth-order valence-electron chi connectivity index (χ4n) is 2.41. The Bertz CT molecular complexity index is 484. The number of carbonyl (C=O) groups is 2. The van der Waals surface area contributed by atoms with Gasteiger partial charge in [-0.2, -0.15) is 0 Å². The molecule has 0 bridgehead atoms. The highest BCUT2D eigenvalue weighted by Gasteiger charge is 2.24.